The van der Waals surface area contributed by atoms with Gasteiger partial charge in [-0.1, -0.05) is 214 Å². The summed E-state index contributed by atoms with van der Waals surface area (Å²) in [5.41, 5.74) is 29.6. The fourth-order valence-electron chi connectivity index (χ4n) is 16.9. The van der Waals surface area contributed by atoms with Crippen molar-refractivity contribution >= 4 is 68.6 Å². The summed E-state index contributed by atoms with van der Waals surface area (Å²) in [5, 5.41) is 0. The summed E-state index contributed by atoms with van der Waals surface area (Å²) in [7, 11) is 0. The maximum atomic E-state index is 2.87. The molecule has 0 radical (unpaired) electrons. The first-order valence-corrected chi connectivity index (χ1v) is 32.1. The lowest BCUT2D eigenvalue weighted by molar-refractivity contribution is 0.195. The van der Waals surface area contributed by atoms with E-state index in [-0.39, 0.29) is 50.2 Å². The molecule has 2 atom stereocenters. The molecule has 3 aliphatic heterocycles. The number of nitrogens with zero attached hydrogens (tertiary/aromatic N) is 3. The number of hydrogen-bond acceptors (Lipinski definition) is 3. The average molecular weight is 1100 g/mol. The van der Waals surface area contributed by atoms with Crippen molar-refractivity contribution in [2.24, 2.45) is 0 Å². The van der Waals surface area contributed by atoms with Crippen molar-refractivity contribution in [3.8, 4) is 22.3 Å². The predicted octanol–water partition coefficient (Wildman–Crippen LogP) is 20.1. The van der Waals surface area contributed by atoms with E-state index in [0.29, 0.717) is 0 Å². The lowest BCUT2D eigenvalue weighted by Gasteiger charge is -2.51. The van der Waals surface area contributed by atoms with Gasteiger partial charge in [-0.3, -0.25) is 0 Å². The summed E-state index contributed by atoms with van der Waals surface area (Å²) in [4.78, 5) is 8.35. The van der Waals surface area contributed by atoms with Crippen LogP contribution in [-0.2, 0) is 37.9 Å². The molecule has 0 amide bonds. The quantitative estimate of drug-likeness (QED) is 0.159. The van der Waals surface area contributed by atoms with Gasteiger partial charge in [-0.25, -0.2) is 0 Å². The lowest BCUT2D eigenvalue weighted by atomic mass is 9.33. The van der Waals surface area contributed by atoms with Gasteiger partial charge in [0.05, 0.1) is 11.2 Å². The molecule has 428 valence electrons. The van der Waals surface area contributed by atoms with Crippen LogP contribution in [0.2, 0.25) is 0 Å². The molecule has 0 aromatic heterocycles. The van der Waals surface area contributed by atoms with E-state index in [4.69, 9.17) is 0 Å². The van der Waals surface area contributed by atoms with Crippen molar-refractivity contribution in [2.45, 2.75) is 206 Å². The van der Waals surface area contributed by atoms with Crippen molar-refractivity contribution in [3.63, 3.8) is 0 Å². The van der Waals surface area contributed by atoms with Gasteiger partial charge in [0.2, 0.25) is 0 Å². The van der Waals surface area contributed by atoms with Gasteiger partial charge in [-0.15, -0.1) is 0 Å². The SMILES string of the molecule is CC(C)(C)c1ccc(-c2ccc3c(c2)C2(C)CCCCC2(C)N3c2cc3c4c(c2)N(c2ccc(C(C)(C)C)cc2-c2ccccc2)c2ccccc2B4c2cc4c(cc2N3c2ccc3c(c2)C(C)(C)CCC3(C)C)C(C)(C)CCC4(C)C)cc1. The van der Waals surface area contributed by atoms with Gasteiger partial charge < -0.3 is 14.7 Å². The standard InChI is InChI=1S/C80H90BN3/c1-73(2,3)54-31-28-51(29-32-54)53-30-36-67-63(44-53)79(15)38-22-23-39-80(79,16)84(67)57-47-70-72-71(48-57)83(66-37-33-55(74(4,5)6)45-58(66)52-24-18-17-19-25-52)68-27-21-20-26-64(68)81(72)65-49-61-62(78(13,14)43-42-77(61,11)12)50-69(65)82(70)56-34-35-59-60(46-56)76(9,10)41-40-75(59,7)8/h17-21,24-37,44-50H,22-23,38-43H2,1-16H3. The molecule has 3 nitrogen and oxygen atoms in total. The number of anilines is 8. The van der Waals surface area contributed by atoms with E-state index in [1.807, 2.05) is 0 Å². The molecule has 1 saturated carbocycles. The topological polar surface area (TPSA) is 9.72 Å². The molecule has 0 N–H and O–H groups in total. The second-order valence-corrected chi connectivity index (χ2v) is 31.8. The highest BCUT2D eigenvalue weighted by molar-refractivity contribution is 7.00. The Kier molecular flexibility index (Phi) is 12.1. The monoisotopic (exact) mass is 1100 g/mol. The molecule has 8 aromatic rings. The molecule has 4 heteroatoms. The number of fused-ring (bicyclic) bond motifs is 9. The molecular weight excluding hydrogens is 1010 g/mol. The maximum absolute atomic E-state index is 2.87. The minimum Gasteiger partial charge on any atom is -0.334 e. The van der Waals surface area contributed by atoms with Gasteiger partial charge in [-0.05, 0) is 211 Å². The van der Waals surface area contributed by atoms with Crippen molar-refractivity contribution in [1.82, 2.24) is 0 Å². The average Bonchev–Trinajstić information content (AvgIpc) is 1.29. The molecule has 2 unspecified atom stereocenters. The van der Waals surface area contributed by atoms with Gasteiger partial charge in [0.25, 0.3) is 6.71 Å². The van der Waals surface area contributed by atoms with Crippen LogP contribution < -0.4 is 31.1 Å². The molecule has 3 heterocycles. The number of rotatable bonds is 5. The fraction of sp³-hybridized carbons (Fsp3) is 0.400. The highest BCUT2D eigenvalue weighted by Crippen LogP contribution is 2.63. The predicted molar refractivity (Wildman–Crippen MR) is 362 cm³/mol. The van der Waals surface area contributed by atoms with Crippen LogP contribution in [0.15, 0.2) is 158 Å². The molecule has 0 bridgehead atoms. The van der Waals surface area contributed by atoms with E-state index in [2.05, 4.69) is 283 Å². The van der Waals surface area contributed by atoms with Gasteiger partial charge in [-0.2, -0.15) is 0 Å². The van der Waals surface area contributed by atoms with Crippen LogP contribution in [0.5, 0.6) is 0 Å². The summed E-state index contributed by atoms with van der Waals surface area (Å²) in [6.07, 6.45) is 9.37. The largest absolute Gasteiger partial charge is 0.334 e. The van der Waals surface area contributed by atoms with E-state index in [0.717, 1.165) is 32.1 Å². The zero-order chi connectivity index (χ0) is 59.1. The van der Waals surface area contributed by atoms with Crippen LogP contribution in [0, 0.1) is 0 Å². The Balaban J connectivity index is 1.10. The molecule has 3 aliphatic carbocycles. The summed E-state index contributed by atoms with van der Waals surface area (Å²) in [6.45, 7) is 39.2. The van der Waals surface area contributed by atoms with Gasteiger partial charge in [0.1, 0.15) is 0 Å². The van der Waals surface area contributed by atoms with Gasteiger partial charge >= 0.3 is 0 Å². The molecule has 0 saturated heterocycles. The summed E-state index contributed by atoms with van der Waals surface area (Å²) in [5.74, 6) is 0. The highest BCUT2D eigenvalue weighted by atomic mass is 15.3. The van der Waals surface area contributed by atoms with Crippen LogP contribution >= 0.6 is 0 Å². The Morgan fingerprint density at radius 3 is 1.58 bits per heavy atom. The lowest BCUT2D eigenvalue weighted by Crippen LogP contribution is -2.62. The maximum Gasteiger partial charge on any atom is 0.252 e. The zero-order valence-electron chi connectivity index (χ0n) is 53.6. The number of benzene rings is 8. The molecule has 6 aliphatic rings. The first-order chi connectivity index (χ1) is 39.6. The van der Waals surface area contributed by atoms with E-state index in [1.54, 1.807) is 0 Å². The molecule has 14 rings (SSSR count). The Morgan fingerprint density at radius 2 is 0.917 bits per heavy atom. The van der Waals surface area contributed by atoms with Crippen LogP contribution in [-0.4, -0.2) is 12.3 Å². The molecule has 84 heavy (non-hydrogen) atoms. The molecule has 8 aromatic carbocycles. The van der Waals surface area contributed by atoms with Gasteiger partial charge in [0, 0.05) is 50.8 Å². The van der Waals surface area contributed by atoms with Crippen LogP contribution in [0.4, 0.5) is 45.5 Å². The van der Waals surface area contributed by atoms with Crippen LogP contribution in [0.1, 0.15) is 201 Å². The first-order valence-electron chi connectivity index (χ1n) is 32.1. The van der Waals surface area contributed by atoms with Crippen molar-refractivity contribution in [1.29, 1.82) is 0 Å². The Labute approximate surface area is 505 Å². The third-order valence-electron chi connectivity index (χ3n) is 22.7. The van der Waals surface area contributed by atoms with E-state index < -0.39 is 0 Å². The Morgan fingerprint density at radius 1 is 0.357 bits per heavy atom. The molecule has 0 spiro atoms. The molecule has 1 fully saturated rings. The zero-order valence-corrected chi connectivity index (χ0v) is 53.6. The summed E-state index contributed by atoms with van der Waals surface area (Å²) < 4.78 is 0. The smallest absolute Gasteiger partial charge is 0.252 e. The molecular formula is C80H90BN3. The van der Waals surface area contributed by atoms with Crippen LogP contribution in [0.3, 0.4) is 0 Å². The fourth-order valence-corrected chi connectivity index (χ4v) is 16.9. The third kappa shape index (κ3) is 8.17. The summed E-state index contributed by atoms with van der Waals surface area (Å²) >= 11 is 0. The van der Waals surface area contributed by atoms with Crippen molar-refractivity contribution in [3.05, 3.63) is 197 Å². The number of para-hydroxylation sites is 1. The minimum absolute atomic E-state index is 0.00968. The van der Waals surface area contributed by atoms with Crippen LogP contribution in [0.25, 0.3) is 22.3 Å². The second-order valence-electron chi connectivity index (χ2n) is 31.8. The van der Waals surface area contributed by atoms with E-state index >= 15 is 0 Å². The van der Waals surface area contributed by atoms with Crippen molar-refractivity contribution in [2.75, 3.05) is 14.7 Å². The van der Waals surface area contributed by atoms with E-state index in [1.165, 1.54) is 142 Å². The highest BCUT2D eigenvalue weighted by Gasteiger charge is 2.58. The van der Waals surface area contributed by atoms with E-state index in [9.17, 15) is 0 Å². The normalized spacial score (nSPS) is 22.0. The third-order valence-corrected chi connectivity index (χ3v) is 22.7. The van der Waals surface area contributed by atoms with Gasteiger partial charge in [0.15, 0.2) is 0 Å². The summed E-state index contributed by atoms with van der Waals surface area (Å²) in [6, 6.07) is 63.5. The number of hydrogen-bond donors (Lipinski definition) is 0. The second kappa shape index (κ2) is 18.4. The van der Waals surface area contributed by atoms with Crippen molar-refractivity contribution < 1.29 is 0 Å². The first kappa shape index (κ1) is 55.1. The Hall–Kier alpha value is -6.78. The Bertz CT molecular complexity index is 3990. The minimum atomic E-state index is -0.197.